The number of rotatable bonds is 4. The van der Waals surface area contributed by atoms with E-state index in [0.29, 0.717) is 17.9 Å². The topological polar surface area (TPSA) is 44.4 Å². The molecular weight excluding hydrogens is 214 g/mol. The van der Waals surface area contributed by atoms with E-state index in [0.717, 1.165) is 19.5 Å². The predicted octanol–water partition coefficient (Wildman–Crippen LogP) is 0.587. The lowest BCUT2D eigenvalue weighted by molar-refractivity contribution is -0.119. The van der Waals surface area contributed by atoms with Gasteiger partial charge in [0.1, 0.15) is 0 Å². The second-order valence-corrected chi connectivity index (χ2v) is 6.05. The van der Waals surface area contributed by atoms with Gasteiger partial charge in [-0.15, -0.1) is 0 Å². The Bertz CT molecular complexity index is 272. The minimum Gasteiger partial charge on any atom is -0.352 e. The number of nitrogens with one attached hydrogen (secondary N) is 2. The van der Waals surface area contributed by atoms with Crippen LogP contribution < -0.4 is 10.6 Å². The van der Waals surface area contributed by atoms with Crippen molar-refractivity contribution in [2.45, 2.75) is 38.6 Å². The Morgan fingerprint density at radius 2 is 2.18 bits per heavy atom. The molecule has 2 heterocycles. The molecule has 2 fully saturated rings. The molecule has 4 nitrogen and oxygen atoms in total. The number of carbonyl (C=O) groups excluding carboxylic acids is 1. The summed E-state index contributed by atoms with van der Waals surface area (Å²) in [6.45, 7) is 6.79. The van der Waals surface area contributed by atoms with E-state index in [9.17, 15) is 4.79 Å². The molecule has 2 aliphatic heterocycles. The molecule has 1 unspecified atom stereocenters. The third kappa shape index (κ3) is 3.68. The fourth-order valence-corrected chi connectivity index (χ4v) is 2.71. The third-order valence-corrected chi connectivity index (χ3v) is 4.22. The number of nitrogens with zero attached hydrogens (tertiary/aromatic N) is 1. The maximum Gasteiger partial charge on any atom is 0.220 e. The summed E-state index contributed by atoms with van der Waals surface area (Å²) in [6, 6.07) is 0.359. The van der Waals surface area contributed by atoms with Gasteiger partial charge in [0.2, 0.25) is 5.91 Å². The van der Waals surface area contributed by atoms with Crippen molar-refractivity contribution < 1.29 is 4.79 Å². The highest BCUT2D eigenvalue weighted by Crippen LogP contribution is 2.29. The van der Waals surface area contributed by atoms with Crippen molar-refractivity contribution in [2.75, 3.05) is 33.2 Å². The van der Waals surface area contributed by atoms with Gasteiger partial charge in [-0.2, -0.15) is 0 Å². The van der Waals surface area contributed by atoms with Crippen LogP contribution in [-0.4, -0.2) is 50.1 Å². The fourth-order valence-electron chi connectivity index (χ4n) is 2.71. The first kappa shape index (κ1) is 12.8. The van der Waals surface area contributed by atoms with Gasteiger partial charge in [0.15, 0.2) is 0 Å². The van der Waals surface area contributed by atoms with Crippen molar-refractivity contribution in [3.63, 3.8) is 0 Å². The molecule has 0 spiro atoms. The lowest BCUT2D eigenvalue weighted by Gasteiger charge is -2.38. The fraction of sp³-hybridized carbons (Fsp3) is 0.923. The summed E-state index contributed by atoms with van der Waals surface area (Å²) in [5, 5.41) is 6.54. The van der Waals surface area contributed by atoms with Crippen molar-refractivity contribution in [2.24, 2.45) is 5.41 Å². The van der Waals surface area contributed by atoms with E-state index in [1.165, 1.54) is 25.9 Å². The summed E-state index contributed by atoms with van der Waals surface area (Å²) < 4.78 is 0. The van der Waals surface area contributed by atoms with E-state index in [1.54, 1.807) is 0 Å². The van der Waals surface area contributed by atoms with E-state index in [2.05, 4.69) is 29.5 Å². The second kappa shape index (κ2) is 5.36. The maximum atomic E-state index is 11.1. The lowest BCUT2D eigenvalue weighted by atomic mass is 9.80. The first-order chi connectivity index (χ1) is 8.07. The van der Waals surface area contributed by atoms with E-state index < -0.39 is 0 Å². The average molecular weight is 239 g/mol. The summed E-state index contributed by atoms with van der Waals surface area (Å²) >= 11 is 0. The van der Waals surface area contributed by atoms with Crippen LogP contribution >= 0.6 is 0 Å². The summed E-state index contributed by atoms with van der Waals surface area (Å²) in [4.78, 5) is 13.5. The minimum absolute atomic E-state index is 0.210. The Balaban J connectivity index is 1.66. The molecule has 2 rings (SSSR count). The van der Waals surface area contributed by atoms with E-state index in [-0.39, 0.29) is 5.91 Å². The zero-order valence-corrected chi connectivity index (χ0v) is 11.1. The largest absolute Gasteiger partial charge is 0.352 e. The molecule has 4 heteroatoms. The molecule has 2 saturated heterocycles. The predicted molar refractivity (Wildman–Crippen MR) is 68.9 cm³/mol. The van der Waals surface area contributed by atoms with Crippen LogP contribution in [0.25, 0.3) is 0 Å². The zero-order chi connectivity index (χ0) is 12.3. The zero-order valence-electron chi connectivity index (χ0n) is 11.1. The van der Waals surface area contributed by atoms with Crippen LogP contribution in [0.3, 0.4) is 0 Å². The molecule has 0 radical (unpaired) electrons. The highest BCUT2D eigenvalue weighted by atomic mass is 16.1. The van der Waals surface area contributed by atoms with Gasteiger partial charge in [-0.25, -0.2) is 0 Å². The van der Waals surface area contributed by atoms with Crippen LogP contribution in [0.5, 0.6) is 0 Å². The highest BCUT2D eigenvalue weighted by Gasteiger charge is 2.29. The maximum absolute atomic E-state index is 11.1. The smallest absolute Gasteiger partial charge is 0.220 e. The molecule has 0 saturated carbocycles. The highest BCUT2D eigenvalue weighted by molar-refractivity contribution is 5.78. The van der Waals surface area contributed by atoms with Crippen LogP contribution in [0.15, 0.2) is 0 Å². The normalized spacial score (nSPS) is 29.3. The number of carbonyl (C=O) groups is 1. The standard InChI is InChI=1S/C13H25N3O/c1-13(5-7-16(2)8-6-13)10-14-9-11-3-4-12(17)15-11/h11,14H,3-10H2,1-2H3,(H,15,17). The van der Waals surface area contributed by atoms with Gasteiger partial charge < -0.3 is 15.5 Å². The van der Waals surface area contributed by atoms with Crippen molar-refractivity contribution in [1.29, 1.82) is 0 Å². The van der Waals surface area contributed by atoms with Crippen LogP contribution in [0.2, 0.25) is 0 Å². The molecule has 1 amide bonds. The van der Waals surface area contributed by atoms with Gasteiger partial charge in [0.25, 0.3) is 0 Å². The van der Waals surface area contributed by atoms with Gasteiger partial charge in [-0.3, -0.25) is 4.79 Å². The van der Waals surface area contributed by atoms with Crippen molar-refractivity contribution in [3.05, 3.63) is 0 Å². The van der Waals surface area contributed by atoms with Crippen LogP contribution in [0.4, 0.5) is 0 Å². The van der Waals surface area contributed by atoms with Crippen molar-refractivity contribution in [1.82, 2.24) is 15.5 Å². The summed E-state index contributed by atoms with van der Waals surface area (Å²) in [7, 11) is 2.20. The molecule has 0 bridgehead atoms. The Hall–Kier alpha value is -0.610. The van der Waals surface area contributed by atoms with Gasteiger partial charge in [-0.1, -0.05) is 6.92 Å². The molecule has 0 aromatic heterocycles. The molecule has 2 N–H and O–H groups in total. The third-order valence-electron chi connectivity index (χ3n) is 4.22. The lowest BCUT2D eigenvalue weighted by Crippen LogP contribution is -2.44. The minimum atomic E-state index is 0.210. The van der Waals surface area contributed by atoms with E-state index in [4.69, 9.17) is 0 Å². The van der Waals surface area contributed by atoms with Gasteiger partial charge >= 0.3 is 0 Å². The molecular formula is C13H25N3O. The first-order valence-corrected chi connectivity index (χ1v) is 6.76. The Morgan fingerprint density at radius 3 is 2.76 bits per heavy atom. The van der Waals surface area contributed by atoms with Gasteiger partial charge in [0.05, 0.1) is 0 Å². The quantitative estimate of drug-likeness (QED) is 0.754. The average Bonchev–Trinajstić information content (AvgIpc) is 2.69. The van der Waals surface area contributed by atoms with Crippen molar-refractivity contribution >= 4 is 5.91 Å². The van der Waals surface area contributed by atoms with E-state index >= 15 is 0 Å². The molecule has 0 aliphatic carbocycles. The number of hydrogen-bond acceptors (Lipinski definition) is 3. The van der Waals surface area contributed by atoms with Crippen LogP contribution in [0, 0.1) is 5.41 Å². The second-order valence-electron chi connectivity index (χ2n) is 6.05. The number of likely N-dealkylation sites (tertiary alicyclic amines) is 1. The number of amides is 1. The van der Waals surface area contributed by atoms with Crippen LogP contribution in [-0.2, 0) is 4.79 Å². The molecule has 98 valence electrons. The molecule has 0 aromatic carbocycles. The van der Waals surface area contributed by atoms with E-state index in [1.807, 2.05) is 0 Å². The number of hydrogen-bond donors (Lipinski definition) is 2. The monoisotopic (exact) mass is 239 g/mol. The summed E-state index contributed by atoms with van der Waals surface area (Å²) in [5.74, 6) is 0.210. The molecule has 1 atom stereocenters. The summed E-state index contributed by atoms with van der Waals surface area (Å²) in [5.41, 5.74) is 0.440. The molecule has 17 heavy (non-hydrogen) atoms. The van der Waals surface area contributed by atoms with Crippen LogP contribution in [0.1, 0.15) is 32.6 Å². The molecule has 0 aromatic rings. The van der Waals surface area contributed by atoms with Gasteiger partial charge in [-0.05, 0) is 44.8 Å². The van der Waals surface area contributed by atoms with Gasteiger partial charge in [0, 0.05) is 25.6 Å². The number of piperidine rings is 1. The first-order valence-electron chi connectivity index (χ1n) is 6.76. The Morgan fingerprint density at radius 1 is 1.47 bits per heavy atom. The molecule has 2 aliphatic rings. The Labute approximate surface area is 104 Å². The SMILES string of the molecule is CN1CCC(C)(CNCC2CCC(=O)N2)CC1. The Kier molecular flexibility index (Phi) is 4.05. The summed E-state index contributed by atoms with van der Waals surface area (Å²) in [6.07, 6.45) is 4.24. The van der Waals surface area contributed by atoms with Crippen molar-refractivity contribution in [3.8, 4) is 0 Å².